The zero-order valence-corrected chi connectivity index (χ0v) is 50.2. The molecule has 0 aromatic heterocycles. The zero-order chi connectivity index (χ0) is 55.7. The van der Waals surface area contributed by atoms with Crippen molar-refractivity contribution < 1.29 is 28.6 Å². The average molecular weight is 1070 g/mol. The lowest BCUT2D eigenvalue weighted by Crippen LogP contribution is -2.30. The first-order valence-electron chi connectivity index (χ1n) is 32.0. The lowest BCUT2D eigenvalue weighted by atomic mass is 10.0. The first-order valence-corrected chi connectivity index (χ1v) is 32.0. The van der Waals surface area contributed by atoms with Crippen LogP contribution in [-0.4, -0.2) is 37.2 Å². The highest BCUT2D eigenvalue weighted by molar-refractivity contribution is 5.71. The molecular formula is C71H118O6. The van der Waals surface area contributed by atoms with E-state index in [1.165, 1.54) is 141 Å². The van der Waals surface area contributed by atoms with Gasteiger partial charge in [-0.25, -0.2) is 0 Å². The number of rotatable bonds is 57. The minimum Gasteiger partial charge on any atom is -0.462 e. The molecule has 0 aliphatic rings. The highest BCUT2D eigenvalue weighted by Crippen LogP contribution is 2.16. The molecule has 0 saturated heterocycles. The summed E-state index contributed by atoms with van der Waals surface area (Å²) in [6, 6.07) is 0. The van der Waals surface area contributed by atoms with Gasteiger partial charge in [-0.1, -0.05) is 271 Å². The van der Waals surface area contributed by atoms with Crippen LogP contribution >= 0.6 is 0 Å². The van der Waals surface area contributed by atoms with E-state index in [1.807, 2.05) is 0 Å². The Morgan fingerprint density at radius 3 is 0.870 bits per heavy atom. The predicted molar refractivity (Wildman–Crippen MR) is 334 cm³/mol. The summed E-state index contributed by atoms with van der Waals surface area (Å²) in [6.45, 7) is 6.34. The molecule has 0 fully saturated rings. The molecule has 0 radical (unpaired) electrons. The maximum absolute atomic E-state index is 12.9. The number of esters is 3. The fourth-order valence-electron chi connectivity index (χ4n) is 8.70. The van der Waals surface area contributed by atoms with Crippen LogP contribution in [0.2, 0.25) is 0 Å². The van der Waals surface area contributed by atoms with Crippen molar-refractivity contribution in [2.24, 2.45) is 0 Å². The quantitative estimate of drug-likeness (QED) is 0.0261. The normalized spacial score (nSPS) is 12.9. The molecule has 0 aromatic carbocycles. The van der Waals surface area contributed by atoms with E-state index in [1.54, 1.807) is 0 Å². The van der Waals surface area contributed by atoms with Crippen molar-refractivity contribution in [1.82, 2.24) is 0 Å². The summed E-state index contributed by atoms with van der Waals surface area (Å²) in [7, 11) is 0. The maximum atomic E-state index is 12.9. The molecule has 6 nitrogen and oxygen atoms in total. The van der Waals surface area contributed by atoms with E-state index in [9.17, 15) is 14.4 Å². The second kappa shape index (κ2) is 64.3. The first-order chi connectivity index (χ1) is 38.0. The summed E-state index contributed by atoms with van der Waals surface area (Å²) in [6.07, 6.45) is 89.4. The van der Waals surface area contributed by atoms with Crippen molar-refractivity contribution in [1.29, 1.82) is 0 Å². The van der Waals surface area contributed by atoms with E-state index in [4.69, 9.17) is 14.2 Å². The van der Waals surface area contributed by atoms with Gasteiger partial charge < -0.3 is 14.2 Å². The van der Waals surface area contributed by atoms with E-state index >= 15 is 0 Å². The molecule has 0 bridgehead atoms. The molecular weight excluding hydrogens is 949 g/mol. The van der Waals surface area contributed by atoms with Crippen LogP contribution in [0, 0.1) is 0 Å². The molecule has 0 aliphatic heterocycles. The SMILES string of the molecule is CC/C=C\C/C=C\C/C=C\C/C=C\C/C=C\CCCC(=O)OC(COC(=O)CCCC/C=C\C/C=C\C/C=C\C/C=C\CC)COC(=O)CCCCCCCCCCCCCCCCC/C=C\CCCCCCCCCC. The molecule has 0 N–H and O–H groups in total. The highest BCUT2D eigenvalue weighted by atomic mass is 16.6. The molecule has 0 spiro atoms. The number of carbonyl (C=O) groups is 3. The van der Waals surface area contributed by atoms with Crippen molar-refractivity contribution >= 4 is 17.9 Å². The van der Waals surface area contributed by atoms with Crippen LogP contribution in [0.4, 0.5) is 0 Å². The van der Waals surface area contributed by atoms with Crippen molar-refractivity contribution in [3.63, 3.8) is 0 Å². The topological polar surface area (TPSA) is 78.9 Å². The molecule has 6 heteroatoms. The molecule has 1 unspecified atom stereocenters. The number of unbranched alkanes of at least 4 members (excludes halogenated alkanes) is 26. The van der Waals surface area contributed by atoms with Gasteiger partial charge in [0.2, 0.25) is 0 Å². The van der Waals surface area contributed by atoms with Gasteiger partial charge in [-0.15, -0.1) is 0 Å². The smallest absolute Gasteiger partial charge is 0.306 e. The Balaban J connectivity index is 4.38. The number of hydrogen-bond donors (Lipinski definition) is 0. The Kier molecular flexibility index (Phi) is 60.8. The van der Waals surface area contributed by atoms with Gasteiger partial charge in [0.1, 0.15) is 13.2 Å². The van der Waals surface area contributed by atoms with Crippen LogP contribution in [0.1, 0.15) is 290 Å². The molecule has 0 aliphatic carbocycles. The third-order valence-electron chi connectivity index (χ3n) is 13.4. The molecule has 0 rings (SSSR count). The average Bonchev–Trinajstić information content (AvgIpc) is 3.43. The van der Waals surface area contributed by atoms with Gasteiger partial charge in [0.25, 0.3) is 0 Å². The van der Waals surface area contributed by atoms with Crippen molar-refractivity contribution in [2.75, 3.05) is 13.2 Å². The molecule has 77 heavy (non-hydrogen) atoms. The number of ether oxygens (including phenoxy) is 3. The molecule has 0 aromatic rings. The predicted octanol–water partition coefficient (Wildman–Crippen LogP) is 22.0. The van der Waals surface area contributed by atoms with Crippen LogP contribution in [0.3, 0.4) is 0 Å². The highest BCUT2D eigenvalue weighted by Gasteiger charge is 2.19. The van der Waals surface area contributed by atoms with Crippen molar-refractivity contribution in [2.45, 2.75) is 297 Å². The summed E-state index contributed by atoms with van der Waals surface area (Å²) < 4.78 is 16.8. The lowest BCUT2D eigenvalue weighted by Gasteiger charge is -2.18. The molecule has 0 heterocycles. The second-order valence-electron chi connectivity index (χ2n) is 20.9. The first kappa shape index (κ1) is 72.8. The minimum atomic E-state index is -0.829. The third-order valence-corrected chi connectivity index (χ3v) is 13.4. The largest absolute Gasteiger partial charge is 0.462 e. The number of hydrogen-bond acceptors (Lipinski definition) is 6. The Morgan fingerprint density at radius 1 is 0.273 bits per heavy atom. The summed E-state index contributed by atoms with van der Waals surface area (Å²) >= 11 is 0. The molecule has 0 amide bonds. The van der Waals surface area contributed by atoms with E-state index < -0.39 is 6.10 Å². The van der Waals surface area contributed by atoms with Crippen molar-refractivity contribution in [3.05, 3.63) is 122 Å². The third kappa shape index (κ3) is 62.5. The standard InChI is InChI=1S/C71H118O6/c1-4-7-10-13-16-19-22-25-28-30-31-32-33-34-35-36-37-38-39-41-43-46-49-52-55-58-61-64-70(73)76-67-68(66-75-69(72)63-60-57-54-51-48-45-42-27-24-21-18-15-12-9-6-3)77-71(74)65-62-59-56-53-50-47-44-40-29-26-23-20-17-14-11-8-5-2/h8-9,11-12,17-18,20-21,26-27,29-31,42,44,47-48,51,53,56,68H,4-7,10,13-16,19,22-25,28,32-41,43,45-46,49-50,52,54-55,57-67H2,1-3H3/b11-8-,12-9-,20-17-,21-18-,29-26-,31-30-,42-27-,47-44-,51-48-,56-53-. The molecule has 0 saturated carbocycles. The van der Waals surface area contributed by atoms with Gasteiger partial charge in [0.15, 0.2) is 6.10 Å². The van der Waals surface area contributed by atoms with E-state index in [0.717, 1.165) is 96.3 Å². The van der Waals surface area contributed by atoms with Gasteiger partial charge in [-0.3, -0.25) is 14.4 Å². The Hall–Kier alpha value is -4.19. The summed E-state index contributed by atoms with van der Waals surface area (Å²) in [5.41, 5.74) is 0. The van der Waals surface area contributed by atoms with Crippen molar-refractivity contribution in [3.8, 4) is 0 Å². The van der Waals surface area contributed by atoms with Crippen LogP contribution in [0.25, 0.3) is 0 Å². The summed E-state index contributed by atoms with van der Waals surface area (Å²) in [5.74, 6) is -1.01. The van der Waals surface area contributed by atoms with Crippen LogP contribution in [0.15, 0.2) is 122 Å². The monoisotopic (exact) mass is 1070 g/mol. The van der Waals surface area contributed by atoms with Gasteiger partial charge in [0.05, 0.1) is 0 Å². The zero-order valence-electron chi connectivity index (χ0n) is 50.2. The Bertz CT molecular complexity index is 1600. The van der Waals surface area contributed by atoms with Gasteiger partial charge in [0, 0.05) is 19.3 Å². The fourth-order valence-corrected chi connectivity index (χ4v) is 8.70. The summed E-state index contributed by atoms with van der Waals surface area (Å²) in [4.78, 5) is 38.2. The van der Waals surface area contributed by atoms with Gasteiger partial charge >= 0.3 is 17.9 Å². The maximum Gasteiger partial charge on any atom is 0.306 e. The Labute approximate surface area is 475 Å². The molecule has 1 atom stereocenters. The second-order valence-corrected chi connectivity index (χ2v) is 20.9. The summed E-state index contributed by atoms with van der Waals surface area (Å²) in [5, 5.41) is 0. The van der Waals surface area contributed by atoms with E-state index in [-0.39, 0.29) is 37.5 Å². The van der Waals surface area contributed by atoms with E-state index in [0.29, 0.717) is 25.7 Å². The van der Waals surface area contributed by atoms with E-state index in [2.05, 4.69) is 142 Å². The minimum absolute atomic E-state index is 0.115. The van der Waals surface area contributed by atoms with Crippen LogP contribution in [-0.2, 0) is 28.6 Å². The lowest BCUT2D eigenvalue weighted by molar-refractivity contribution is -0.167. The van der Waals surface area contributed by atoms with Gasteiger partial charge in [-0.05, 0) is 122 Å². The number of allylic oxidation sites excluding steroid dienone is 20. The van der Waals surface area contributed by atoms with Crippen LogP contribution < -0.4 is 0 Å². The number of carbonyl (C=O) groups excluding carboxylic acids is 3. The van der Waals surface area contributed by atoms with Crippen LogP contribution in [0.5, 0.6) is 0 Å². The fraction of sp³-hybridized carbons (Fsp3) is 0.676. The molecule has 438 valence electrons. The Morgan fingerprint density at radius 2 is 0.519 bits per heavy atom. The van der Waals surface area contributed by atoms with Gasteiger partial charge in [-0.2, -0.15) is 0 Å².